The van der Waals surface area contributed by atoms with Gasteiger partial charge in [0.25, 0.3) is 5.56 Å². The molecule has 0 aliphatic carbocycles. The lowest BCUT2D eigenvalue weighted by Gasteiger charge is -2.06. The first-order chi connectivity index (χ1) is 8.36. The molecule has 8 heteroatoms. The van der Waals surface area contributed by atoms with Crippen molar-refractivity contribution in [1.82, 2.24) is 15.0 Å². The maximum Gasteiger partial charge on any atom is 0.260 e. The quantitative estimate of drug-likeness (QED) is 0.768. The molecule has 2 aromatic rings. The topological polar surface area (TPSA) is 117 Å². The zero-order valence-corrected chi connectivity index (χ0v) is 10.4. The van der Waals surface area contributed by atoms with Crippen LogP contribution in [0.15, 0.2) is 16.1 Å². The Kier molecular flexibility index (Phi) is 2.63. The van der Waals surface area contributed by atoms with E-state index in [1.165, 1.54) is 6.92 Å². The first kappa shape index (κ1) is 12.2. The molecule has 0 saturated heterocycles. The van der Waals surface area contributed by atoms with Crippen LogP contribution >= 0.6 is 0 Å². The number of fused-ring (bicyclic) bond motifs is 1. The largest absolute Gasteiger partial charge is 0.313 e. The molecule has 0 aliphatic rings. The van der Waals surface area contributed by atoms with Crippen molar-refractivity contribution in [3.05, 3.63) is 27.9 Å². The van der Waals surface area contributed by atoms with Gasteiger partial charge >= 0.3 is 0 Å². The van der Waals surface area contributed by atoms with Crippen LogP contribution in [-0.4, -0.2) is 29.6 Å². The van der Waals surface area contributed by atoms with E-state index in [2.05, 4.69) is 15.0 Å². The van der Waals surface area contributed by atoms with E-state index in [1.54, 1.807) is 6.07 Å². The second-order valence-corrected chi connectivity index (χ2v) is 5.65. The van der Waals surface area contributed by atoms with Gasteiger partial charge in [0.1, 0.15) is 17.1 Å². The molecule has 0 unspecified atom stereocenters. The minimum atomic E-state index is -3.66. The Morgan fingerprint density at radius 1 is 1.44 bits per heavy atom. The van der Waals surface area contributed by atoms with Crippen LogP contribution in [-0.2, 0) is 9.84 Å². The van der Waals surface area contributed by atoms with Crippen LogP contribution in [0.1, 0.15) is 11.3 Å². The number of sulfone groups is 1. The number of hydrogen-bond donors (Lipinski definition) is 1. The average molecular weight is 264 g/mol. The summed E-state index contributed by atoms with van der Waals surface area (Å²) >= 11 is 0. The van der Waals surface area contributed by atoms with Gasteiger partial charge in [0.2, 0.25) is 0 Å². The fraction of sp³-hybridized carbons (Fsp3) is 0.200. The molecule has 0 saturated carbocycles. The third-order valence-corrected chi connectivity index (χ3v) is 3.40. The standard InChI is InChI=1S/C10H8N4O3S/c1-5-7-8(12-4-13-9(7)15)6(3-11)10(14-5)18(2,16)17/h4H,1-2H3,(H,12,13,15). The van der Waals surface area contributed by atoms with E-state index in [4.69, 9.17) is 5.26 Å². The first-order valence-electron chi connectivity index (χ1n) is 4.84. The number of nitriles is 1. The zero-order valence-electron chi connectivity index (χ0n) is 9.55. The summed E-state index contributed by atoms with van der Waals surface area (Å²) in [6, 6.07) is 1.74. The highest BCUT2D eigenvalue weighted by atomic mass is 32.2. The number of H-pyrrole nitrogens is 1. The molecule has 0 spiro atoms. The van der Waals surface area contributed by atoms with E-state index in [0.29, 0.717) is 0 Å². The molecule has 0 atom stereocenters. The Hall–Kier alpha value is -2.27. The normalized spacial score (nSPS) is 11.4. The SMILES string of the molecule is Cc1nc(S(C)(=O)=O)c(C#N)c2nc[nH]c(=O)c12. The Balaban J connectivity index is 3.15. The fourth-order valence-corrected chi connectivity index (χ4v) is 2.48. The molecule has 0 fully saturated rings. The highest BCUT2D eigenvalue weighted by Crippen LogP contribution is 2.21. The van der Waals surface area contributed by atoms with Crippen molar-refractivity contribution in [3.63, 3.8) is 0 Å². The van der Waals surface area contributed by atoms with E-state index < -0.39 is 15.4 Å². The van der Waals surface area contributed by atoms with Gasteiger partial charge in [-0.1, -0.05) is 0 Å². The first-order valence-corrected chi connectivity index (χ1v) is 6.73. The lowest BCUT2D eigenvalue weighted by Crippen LogP contribution is -2.13. The van der Waals surface area contributed by atoms with E-state index in [1.807, 2.05) is 0 Å². The van der Waals surface area contributed by atoms with Crippen molar-refractivity contribution < 1.29 is 8.42 Å². The van der Waals surface area contributed by atoms with Gasteiger partial charge in [0, 0.05) is 6.26 Å². The van der Waals surface area contributed by atoms with Gasteiger partial charge in [-0.3, -0.25) is 4.79 Å². The number of rotatable bonds is 1. The van der Waals surface area contributed by atoms with E-state index in [-0.39, 0.29) is 27.2 Å². The third-order valence-electron chi connectivity index (χ3n) is 2.40. The molecule has 7 nitrogen and oxygen atoms in total. The van der Waals surface area contributed by atoms with Gasteiger partial charge < -0.3 is 4.98 Å². The number of aromatic nitrogens is 3. The summed E-state index contributed by atoms with van der Waals surface area (Å²) in [6.45, 7) is 1.50. The maximum atomic E-state index is 11.6. The molecular formula is C10H8N4O3S. The molecule has 18 heavy (non-hydrogen) atoms. The van der Waals surface area contributed by atoms with Gasteiger partial charge in [0.15, 0.2) is 14.9 Å². The molecule has 0 bridgehead atoms. The second kappa shape index (κ2) is 3.89. The van der Waals surface area contributed by atoms with Crippen LogP contribution in [0.5, 0.6) is 0 Å². The van der Waals surface area contributed by atoms with Crippen molar-refractivity contribution in [1.29, 1.82) is 5.26 Å². The number of nitrogens with zero attached hydrogens (tertiary/aromatic N) is 3. The number of pyridine rings is 1. The Morgan fingerprint density at radius 3 is 2.67 bits per heavy atom. The Labute approximate surface area is 102 Å². The molecular weight excluding hydrogens is 256 g/mol. The van der Waals surface area contributed by atoms with Crippen LogP contribution in [0, 0.1) is 18.3 Å². The fourth-order valence-electron chi connectivity index (χ4n) is 1.66. The summed E-state index contributed by atoms with van der Waals surface area (Å²) in [7, 11) is -3.66. The second-order valence-electron chi connectivity index (χ2n) is 3.72. The van der Waals surface area contributed by atoms with Crippen molar-refractivity contribution in [2.45, 2.75) is 11.9 Å². The average Bonchev–Trinajstić information content (AvgIpc) is 2.27. The summed E-state index contributed by atoms with van der Waals surface area (Å²) in [5.74, 6) is 0. The van der Waals surface area contributed by atoms with Gasteiger partial charge in [-0.2, -0.15) is 5.26 Å². The van der Waals surface area contributed by atoms with Crippen LogP contribution in [0.4, 0.5) is 0 Å². The summed E-state index contributed by atoms with van der Waals surface area (Å²) in [5, 5.41) is 8.83. The number of nitrogens with one attached hydrogen (secondary N) is 1. The Morgan fingerprint density at radius 2 is 2.11 bits per heavy atom. The van der Waals surface area contributed by atoms with Crippen molar-refractivity contribution in [2.75, 3.05) is 6.26 Å². The Bertz CT molecular complexity index is 846. The molecule has 0 radical (unpaired) electrons. The molecule has 2 heterocycles. The van der Waals surface area contributed by atoms with E-state index >= 15 is 0 Å². The van der Waals surface area contributed by atoms with Crippen molar-refractivity contribution in [3.8, 4) is 6.07 Å². The summed E-state index contributed by atoms with van der Waals surface area (Å²) < 4.78 is 23.1. The molecule has 92 valence electrons. The summed E-state index contributed by atoms with van der Waals surface area (Å²) in [6.07, 6.45) is 2.08. The minimum Gasteiger partial charge on any atom is -0.313 e. The molecule has 2 aromatic heterocycles. The monoisotopic (exact) mass is 264 g/mol. The zero-order chi connectivity index (χ0) is 13.5. The van der Waals surface area contributed by atoms with Gasteiger partial charge in [-0.25, -0.2) is 18.4 Å². The van der Waals surface area contributed by atoms with Crippen LogP contribution < -0.4 is 5.56 Å². The number of aryl methyl sites for hydroxylation is 1. The van der Waals surface area contributed by atoms with Crippen LogP contribution in [0.25, 0.3) is 10.9 Å². The van der Waals surface area contributed by atoms with Gasteiger partial charge in [0.05, 0.1) is 17.4 Å². The summed E-state index contributed by atoms with van der Waals surface area (Å²) in [5.41, 5.74) is -0.390. The van der Waals surface area contributed by atoms with Crippen LogP contribution in [0.2, 0.25) is 0 Å². The number of aromatic amines is 1. The van der Waals surface area contributed by atoms with Crippen molar-refractivity contribution in [2.24, 2.45) is 0 Å². The van der Waals surface area contributed by atoms with Crippen LogP contribution in [0.3, 0.4) is 0 Å². The maximum absolute atomic E-state index is 11.6. The van der Waals surface area contributed by atoms with Crippen molar-refractivity contribution >= 4 is 20.7 Å². The summed E-state index contributed by atoms with van der Waals surface area (Å²) in [4.78, 5) is 21.7. The molecule has 2 rings (SSSR count). The highest BCUT2D eigenvalue weighted by molar-refractivity contribution is 7.90. The smallest absolute Gasteiger partial charge is 0.260 e. The third kappa shape index (κ3) is 1.74. The molecule has 0 aromatic carbocycles. The molecule has 0 aliphatic heterocycles. The number of hydrogen-bond acceptors (Lipinski definition) is 6. The van der Waals surface area contributed by atoms with Gasteiger partial charge in [-0.15, -0.1) is 0 Å². The minimum absolute atomic E-state index is 0.0502. The lowest BCUT2D eigenvalue weighted by molar-refractivity contribution is 0.597. The van der Waals surface area contributed by atoms with Gasteiger partial charge in [-0.05, 0) is 6.92 Å². The molecule has 0 amide bonds. The van der Waals surface area contributed by atoms with E-state index in [9.17, 15) is 13.2 Å². The highest BCUT2D eigenvalue weighted by Gasteiger charge is 2.21. The predicted molar refractivity (Wildman–Crippen MR) is 62.7 cm³/mol. The molecule has 1 N–H and O–H groups in total. The lowest BCUT2D eigenvalue weighted by atomic mass is 10.1. The van der Waals surface area contributed by atoms with E-state index in [0.717, 1.165) is 12.6 Å². The predicted octanol–water partition coefficient (Wildman–Crippen LogP) is -0.0983.